The van der Waals surface area contributed by atoms with Crippen LogP contribution < -0.4 is 15.4 Å². The minimum atomic E-state index is -0.282. The normalized spacial score (nSPS) is 10.0. The zero-order valence-electron chi connectivity index (χ0n) is 13.7. The zero-order chi connectivity index (χ0) is 17.2. The molecule has 0 saturated heterocycles. The van der Waals surface area contributed by atoms with Gasteiger partial charge >= 0.3 is 0 Å². The molecule has 2 N–H and O–H groups in total. The third-order valence-corrected chi connectivity index (χ3v) is 3.39. The summed E-state index contributed by atoms with van der Waals surface area (Å²) in [7, 11) is 0. The second-order valence-electron chi connectivity index (χ2n) is 5.24. The Labute approximate surface area is 142 Å². The van der Waals surface area contributed by atoms with E-state index in [9.17, 15) is 9.59 Å². The number of hydrogen-bond acceptors (Lipinski definition) is 3. The maximum Gasteiger partial charge on any atom is 0.243 e. The van der Waals surface area contributed by atoms with Gasteiger partial charge in [-0.05, 0) is 31.0 Å². The largest absolute Gasteiger partial charge is 0.492 e. The average molecular weight is 326 g/mol. The fraction of sp³-hybridized carbons (Fsp3) is 0.263. The van der Waals surface area contributed by atoms with Crippen LogP contribution in [0, 0.1) is 0 Å². The predicted molar refractivity (Wildman–Crippen MR) is 94.0 cm³/mol. The van der Waals surface area contributed by atoms with Crippen molar-refractivity contribution in [1.82, 2.24) is 5.32 Å². The van der Waals surface area contributed by atoms with E-state index in [1.807, 2.05) is 49.4 Å². The lowest BCUT2D eigenvalue weighted by atomic mass is 10.1. The van der Waals surface area contributed by atoms with Gasteiger partial charge in [0.2, 0.25) is 11.8 Å². The number of ether oxygens (including phenoxy) is 1. The smallest absolute Gasteiger partial charge is 0.243 e. The molecule has 0 aliphatic carbocycles. The Morgan fingerprint density at radius 2 is 1.67 bits per heavy atom. The molecule has 2 aromatic carbocycles. The molecule has 5 nitrogen and oxygen atoms in total. The van der Waals surface area contributed by atoms with Crippen molar-refractivity contribution in [3.8, 4) is 5.75 Å². The summed E-state index contributed by atoms with van der Waals surface area (Å²) in [5.74, 6) is 0.186. The van der Waals surface area contributed by atoms with Crippen LogP contribution >= 0.6 is 0 Å². The van der Waals surface area contributed by atoms with Crippen molar-refractivity contribution in [3.05, 3.63) is 60.2 Å². The number of aryl methyl sites for hydroxylation is 1. The van der Waals surface area contributed by atoms with E-state index in [0.29, 0.717) is 30.9 Å². The second kappa shape index (κ2) is 9.35. The predicted octanol–water partition coefficient (Wildman–Crippen LogP) is 2.77. The molecule has 2 aromatic rings. The second-order valence-corrected chi connectivity index (χ2v) is 5.24. The van der Waals surface area contributed by atoms with E-state index in [1.54, 1.807) is 12.1 Å². The highest BCUT2D eigenvalue weighted by molar-refractivity contribution is 5.95. The van der Waals surface area contributed by atoms with Gasteiger partial charge in [0.15, 0.2) is 0 Å². The first-order chi connectivity index (χ1) is 11.7. The Morgan fingerprint density at radius 1 is 0.958 bits per heavy atom. The molecule has 126 valence electrons. The highest BCUT2D eigenvalue weighted by atomic mass is 16.5. The number of para-hydroxylation sites is 2. The average Bonchev–Trinajstić information content (AvgIpc) is 2.61. The van der Waals surface area contributed by atoms with E-state index in [1.165, 1.54) is 0 Å². The lowest BCUT2D eigenvalue weighted by Gasteiger charge is -2.11. The highest BCUT2D eigenvalue weighted by Crippen LogP contribution is 2.23. The third-order valence-electron chi connectivity index (χ3n) is 3.39. The van der Waals surface area contributed by atoms with Gasteiger partial charge < -0.3 is 15.4 Å². The van der Waals surface area contributed by atoms with Gasteiger partial charge in [-0.25, -0.2) is 0 Å². The van der Waals surface area contributed by atoms with Crippen molar-refractivity contribution in [2.75, 3.05) is 18.5 Å². The molecule has 2 rings (SSSR count). The molecular formula is C19H22N2O3. The first kappa shape index (κ1) is 17.5. The Hall–Kier alpha value is -2.82. The number of hydrogen-bond donors (Lipinski definition) is 2. The summed E-state index contributed by atoms with van der Waals surface area (Å²) in [6.07, 6.45) is 1.01. The summed E-state index contributed by atoms with van der Waals surface area (Å²) in [4.78, 5) is 23.8. The zero-order valence-corrected chi connectivity index (χ0v) is 13.7. The third kappa shape index (κ3) is 5.76. The van der Waals surface area contributed by atoms with Crippen LogP contribution in [0.15, 0.2) is 54.6 Å². The van der Waals surface area contributed by atoms with E-state index >= 15 is 0 Å². The fourth-order valence-corrected chi connectivity index (χ4v) is 2.22. The highest BCUT2D eigenvalue weighted by Gasteiger charge is 2.09. The van der Waals surface area contributed by atoms with Crippen LogP contribution in [0.2, 0.25) is 0 Å². The molecule has 0 spiro atoms. The molecule has 0 aromatic heterocycles. The molecule has 0 aliphatic rings. The lowest BCUT2D eigenvalue weighted by Crippen LogP contribution is -2.33. The summed E-state index contributed by atoms with van der Waals surface area (Å²) >= 11 is 0. The molecule has 5 heteroatoms. The van der Waals surface area contributed by atoms with Gasteiger partial charge in [-0.15, -0.1) is 0 Å². The number of benzene rings is 2. The molecule has 0 fully saturated rings. The molecular weight excluding hydrogens is 304 g/mol. The number of amides is 2. The maximum absolute atomic E-state index is 12.0. The number of rotatable bonds is 8. The number of carbonyl (C=O) groups excluding carboxylic acids is 2. The molecule has 0 heterocycles. The quantitative estimate of drug-likeness (QED) is 0.784. The fourth-order valence-electron chi connectivity index (χ4n) is 2.22. The Kier molecular flexibility index (Phi) is 6.83. The van der Waals surface area contributed by atoms with Crippen LogP contribution in [0.4, 0.5) is 5.69 Å². The van der Waals surface area contributed by atoms with Crippen LogP contribution in [-0.4, -0.2) is 25.0 Å². The Bertz CT molecular complexity index is 671. The Balaban J connectivity index is 1.75. The van der Waals surface area contributed by atoms with E-state index in [0.717, 1.165) is 5.56 Å². The van der Waals surface area contributed by atoms with Crippen molar-refractivity contribution in [2.45, 2.75) is 19.8 Å². The van der Waals surface area contributed by atoms with E-state index in [-0.39, 0.29) is 18.4 Å². The van der Waals surface area contributed by atoms with Gasteiger partial charge in [0.25, 0.3) is 0 Å². The summed E-state index contributed by atoms with van der Waals surface area (Å²) in [6.45, 7) is 2.34. The van der Waals surface area contributed by atoms with Gasteiger partial charge in [-0.1, -0.05) is 42.5 Å². The maximum atomic E-state index is 12.0. The van der Waals surface area contributed by atoms with Crippen LogP contribution in [0.25, 0.3) is 0 Å². The topological polar surface area (TPSA) is 67.4 Å². The van der Waals surface area contributed by atoms with E-state index in [4.69, 9.17) is 4.74 Å². The summed E-state index contributed by atoms with van der Waals surface area (Å²) in [5.41, 5.74) is 1.70. The van der Waals surface area contributed by atoms with E-state index in [2.05, 4.69) is 10.6 Å². The first-order valence-corrected chi connectivity index (χ1v) is 8.01. The minimum Gasteiger partial charge on any atom is -0.492 e. The molecule has 0 saturated carbocycles. The summed E-state index contributed by atoms with van der Waals surface area (Å²) < 4.78 is 5.45. The van der Waals surface area contributed by atoms with Crippen molar-refractivity contribution in [1.29, 1.82) is 0 Å². The van der Waals surface area contributed by atoms with Gasteiger partial charge in [0, 0.05) is 6.42 Å². The van der Waals surface area contributed by atoms with Gasteiger partial charge in [0.05, 0.1) is 18.8 Å². The first-order valence-electron chi connectivity index (χ1n) is 8.01. The number of nitrogens with one attached hydrogen (secondary N) is 2. The van der Waals surface area contributed by atoms with Crippen LogP contribution in [0.1, 0.15) is 18.9 Å². The summed E-state index contributed by atoms with van der Waals surface area (Å²) in [6, 6.07) is 17.0. The molecule has 0 aliphatic heterocycles. The summed E-state index contributed by atoms with van der Waals surface area (Å²) in [5, 5.41) is 5.38. The van der Waals surface area contributed by atoms with Gasteiger partial charge in [-0.2, -0.15) is 0 Å². The van der Waals surface area contributed by atoms with Gasteiger partial charge in [-0.3, -0.25) is 9.59 Å². The van der Waals surface area contributed by atoms with Crippen molar-refractivity contribution >= 4 is 17.5 Å². The van der Waals surface area contributed by atoms with Crippen molar-refractivity contribution in [2.24, 2.45) is 0 Å². The number of anilines is 1. The van der Waals surface area contributed by atoms with Crippen LogP contribution in [-0.2, 0) is 16.0 Å². The van der Waals surface area contributed by atoms with Crippen molar-refractivity contribution < 1.29 is 14.3 Å². The van der Waals surface area contributed by atoms with Gasteiger partial charge in [0.1, 0.15) is 5.75 Å². The molecule has 24 heavy (non-hydrogen) atoms. The molecule has 0 radical (unpaired) electrons. The standard InChI is InChI=1S/C19H22N2O3/c1-2-24-17-11-7-6-10-16(17)21-19(23)14-20-18(22)13-12-15-8-4-3-5-9-15/h3-11H,2,12-14H2,1H3,(H,20,22)(H,21,23). The van der Waals surface area contributed by atoms with Crippen LogP contribution in [0.3, 0.4) is 0 Å². The monoisotopic (exact) mass is 326 g/mol. The number of carbonyl (C=O) groups is 2. The van der Waals surface area contributed by atoms with Crippen LogP contribution in [0.5, 0.6) is 5.75 Å². The lowest BCUT2D eigenvalue weighted by molar-refractivity contribution is -0.124. The van der Waals surface area contributed by atoms with E-state index < -0.39 is 0 Å². The van der Waals surface area contributed by atoms with Crippen molar-refractivity contribution in [3.63, 3.8) is 0 Å². The SMILES string of the molecule is CCOc1ccccc1NC(=O)CNC(=O)CCc1ccccc1. The molecule has 0 unspecified atom stereocenters. The minimum absolute atomic E-state index is 0.0614. The Morgan fingerprint density at radius 3 is 2.42 bits per heavy atom. The molecule has 0 bridgehead atoms. The molecule has 2 amide bonds. The molecule has 0 atom stereocenters.